The minimum atomic E-state index is -5.13. The number of nitrogens with one attached hydrogen (secondary N) is 1. The van der Waals surface area contributed by atoms with Gasteiger partial charge < -0.3 is 10.1 Å². The minimum Gasteiger partial charge on any atom is -0.456 e. The molecule has 1 aliphatic heterocycles. The molecule has 0 aliphatic carbocycles. The number of anilines is 2. The van der Waals surface area contributed by atoms with Crippen molar-refractivity contribution in [2.24, 2.45) is 0 Å². The first-order valence-corrected chi connectivity index (χ1v) is 11.5. The van der Waals surface area contributed by atoms with Crippen molar-refractivity contribution in [1.82, 2.24) is 29.5 Å². The van der Waals surface area contributed by atoms with Gasteiger partial charge in [0.2, 0.25) is 5.95 Å². The monoisotopic (exact) mass is 533 g/mol. The minimum absolute atomic E-state index is 0.0217. The van der Waals surface area contributed by atoms with Gasteiger partial charge >= 0.3 is 12.1 Å². The van der Waals surface area contributed by atoms with Crippen LogP contribution in [0.2, 0.25) is 0 Å². The quantitative estimate of drug-likeness (QED) is 0.296. The number of fused-ring (bicyclic) bond motifs is 1. The summed E-state index contributed by atoms with van der Waals surface area (Å²) in [6.45, 7) is 1.79. The third kappa shape index (κ3) is 5.19. The number of hydrogen-bond donors (Lipinski definition) is 1. The van der Waals surface area contributed by atoms with Gasteiger partial charge in [0.1, 0.15) is 35.6 Å². The summed E-state index contributed by atoms with van der Waals surface area (Å²) in [6.07, 6.45) is -4.85. The summed E-state index contributed by atoms with van der Waals surface area (Å²) >= 11 is 0. The second-order valence-electron chi connectivity index (χ2n) is 8.68. The highest BCUT2D eigenvalue weighted by Gasteiger charge is 2.43. The van der Waals surface area contributed by atoms with Crippen LogP contribution >= 0.6 is 0 Å². The fourth-order valence-corrected chi connectivity index (χ4v) is 4.31. The van der Waals surface area contributed by atoms with Crippen LogP contribution in [0.3, 0.4) is 0 Å². The fourth-order valence-electron chi connectivity index (χ4n) is 4.31. The Kier molecular flexibility index (Phi) is 6.55. The van der Waals surface area contributed by atoms with Gasteiger partial charge in [0.05, 0.1) is 0 Å². The Labute approximate surface area is 212 Å². The first-order valence-electron chi connectivity index (χ1n) is 11.5. The number of benzene rings is 2. The zero-order valence-corrected chi connectivity index (χ0v) is 19.8. The molecule has 3 heterocycles. The molecule has 38 heavy (non-hydrogen) atoms. The largest absolute Gasteiger partial charge is 0.490 e. The van der Waals surface area contributed by atoms with E-state index in [-0.39, 0.29) is 31.0 Å². The predicted molar refractivity (Wildman–Crippen MR) is 123 cm³/mol. The van der Waals surface area contributed by atoms with Crippen molar-refractivity contribution in [3.63, 3.8) is 0 Å². The van der Waals surface area contributed by atoms with E-state index in [0.717, 1.165) is 0 Å². The summed E-state index contributed by atoms with van der Waals surface area (Å²) in [6, 6.07) is 9.78. The third-order valence-electron chi connectivity index (χ3n) is 6.10. The summed E-state index contributed by atoms with van der Waals surface area (Å²) < 4.78 is 74.3. The fraction of sp³-hybridized carbons (Fsp3) is 0.292. The average Bonchev–Trinajstić information content (AvgIpc) is 3.42. The molecule has 0 fully saturated rings. The van der Waals surface area contributed by atoms with E-state index < -0.39 is 35.8 Å². The van der Waals surface area contributed by atoms with E-state index in [4.69, 9.17) is 4.74 Å². The molecule has 4 aromatic rings. The lowest BCUT2D eigenvalue weighted by molar-refractivity contribution is -0.205. The Hall–Kier alpha value is -4.36. The van der Waals surface area contributed by atoms with Crippen LogP contribution in [0.5, 0.6) is 0 Å². The maximum absolute atomic E-state index is 14.8. The summed E-state index contributed by atoms with van der Waals surface area (Å²) in [5, 5.41) is 11.3. The number of ether oxygens (including phenoxy) is 1. The van der Waals surface area contributed by atoms with Crippen molar-refractivity contribution in [2.45, 2.75) is 44.5 Å². The van der Waals surface area contributed by atoms with Crippen molar-refractivity contribution in [3.05, 3.63) is 77.6 Å². The van der Waals surface area contributed by atoms with Crippen molar-refractivity contribution < 1.29 is 31.5 Å². The van der Waals surface area contributed by atoms with Crippen LogP contribution in [0.1, 0.15) is 36.0 Å². The normalized spacial score (nSPS) is 17.5. The van der Waals surface area contributed by atoms with Crippen LogP contribution in [0.4, 0.5) is 33.6 Å². The molecule has 0 bridgehead atoms. The molecule has 0 unspecified atom stereocenters. The van der Waals surface area contributed by atoms with Gasteiger partial charge in [-0.2, -0.15) is 23.3 Å². The van der Waals surface area contributed by atoms with Gasteiger partial charge in [0.25, 0.3) is 0 Å². The number of hydrogen-bond acceptors (Lipinski definition) is 7. The number of alkyl halides is 3. The number of halogens is 5. The van der Waals surface area contributed by atoms with E-state index in [9.17, 15) is 26.7 Å². The number of aryl methyl sites for hydroxylation is 2. The Morgan fingerprint density at radius 2 is 1.89 bits per heavy atom. The van der Waals surface area contributed by atoms with E-state index in [2.05, 4.69) is 25.5 Å². The highest BCUT2D eigenvalue weighted by molar-refractivity contribution is 5.75. The topological polar surface area (TPSA) is 99.8 Å². The van der Waals surface area contributed by atoms with Crippen LogP contribution in [0.25, 0.3) is 5.69 Å². The molecule has 0 amide bonds. The van der Waals surface area contributed by atoms with E-state index in [1.54, 1.807) is 13.0 Å². The van der Waals surface area contributed by atoms with Gasteiger partial charge in [-0.05, 0) is 49.2 Å². The Balaban J connectivity index is 1.42. The second kappa shape index (κ2) is 9.84. The molecule has 2 atom stereocenters. The van der Waals surface area contributed by atoms with Gasteiger partial charge in [-0.25, -0.2) is 27.9 Å². The van der Waals surface area contributed by atoms with Gasteiger partial charge in [-0.3, -0.25) is 0 Å². The molecular formula is C24H20F5N7O2. The maximum atomic E-state index is 14.8. The Morgan fingerprint density at radius 3 is 2.55 bits per heavy atom. The Morgan fingerprint density at radius 1 is 1.13 bits per heavy atom. The first kappa shape index (κ1) is 25.3. The molecule has 0 saturated heterocycles. The van der Waals surface area contributed by atoms with Crippen molar-refractivity contribution in [3.8, 4) is 5.69 Å². The molecule has 1 aliphatic rings. The molecule has 1 N–H and O–H groups in total. The standard InChI is InChI=1S/C24H20F5N7O2/c1-13-30-12-31-36(13)20-7-6-16(10-19(20)26)32-23-33-21-18(14-2-4-15(25)5-3-14)11-17(8-9-35(21)34-23)38-22(37)24(27,28)29/h2-7,10,12,17-18H,8-9,11H2,1H3,(H,32,34)/t17-,18+/m0/s1. The van der Waals surface area contributed by atoms with E-state index >= 15 is 0 Å². The summed E-state index contributed by atoms with van der Waals surface area (Å²) in [4.78, 5) is 19.9. The second-order valence-corrected chi connectivity index (χ2v) is 8.68. The van der Waals surface area contributed by atoms with Gasteiger partial charge in [-0.15, -0.1) is 5.10 Å². The summed E-state index contributed by atoms with van der Waals surface area (Å²) in [5.41, 5.74) is 1.11. The van der Waals surface area contributed by atoms with E-state index in [1.165, 1.54) is 52.1 Å². The highest BCUT2D eigenvalue weighted by atomic mass is 19.4. The summed E-state index contributed by atoms with van der Waals surface area (Å²) in [5.74, 6) is -2.97. The molecule has 14 heteroatoms. The number of rotatable bonds is 5. The maximum Gasteiger partial charge on any atom is 0.490 e. The van der Waals surface area contributed by atoms with Crippen molar-refractivity contribution >= 4 is 17.6 Å². The summed E-state index contributed by atoms with van der Waals surface area (Å²) in [7, 11) is 0. The lowest BCUT2D eigenvalue weighted by Gasteiger charge is -2.20. The average molecular weight is 533 g/mol. The van der Waals surface area contributed by atoms with E-state index in [1.807, 2.05) is 0 Å². The number of esters is 1. The number of carbonyl (C=O) groups excluding carboxylic acids is 1. The Bertz CT molecular complexity index is 1470. The number of carbonyl (C=O) groups is 1. The molecule has 0 radical (unpaired) electrons. The zero-order valence-electron chi connectivity index (χ0n) is 19.8. The van der Waals surface area contributed by atoms with Crippen LogP contribution in [-0.2, 0) is 16.1 Å². The number of aromatic nitrogens is 6. The van der Waals surface area contributed by atoms with E-state index in [0.29, 0.717) is 22.9 Å². The SMILES string of the molecule is Cc1ncnn1-c1ccc(Nc2nc3n(n2)CC[C@H](OC(=O)C(F)(F)F)C[C@@H]3c2ccc(F)cc2)cc1F. The molecule has 9 nitrogen and oxygen atoms in total. The first-order chi connectivity index (χ1) is 18.1. The third-order valence-corrected chi connectivity index (χ3v) is 6.10. The van der Waals surface area contributed by atoms with Crippen molar-refractivity contribution in [2.75, 3.05) is 5.32 Å². The van der Waals surface area contributed by atoms with Crippen LogP contribution in [0.15, 0.2) is 48.8 Å². The van der Waals surface area contributed by atoms with Crippen LogP contribution < -0.4 is 5.32 Å². The van der Waals surface area contributed by atoms with Crippen molar-refractivity contribution in [1.29, 1.82) is 0 Å². The predicted octanol–water partition coefficient (Wildman–Crippen LogP) is 4.59. The molecular weight excluding hydrogens is 513 g/mol. The number of nitrogens with zero attached hydrogens (tertiary/aromatic N) is 6. The lowest BCUT2D eigenvalue weighted by Crippen LogP contribution is -2.31. The molecule has 2 aromatic carbocycles. The molecule has 0 spiro atoms. The van der Waals surface area contributed by atoms with Gasteiger partial charge in [0.15, 0.2) is 5.82 Å². The molecule has 0 saturated carbocycles. The highest BCUT2D eigenvalue weighted by Crippen LogP contribution is 2.35. The van der Waals surface area contributed by atoms with Crippen LogP contribution in [0, 0.1) is 18.6 Å². The molecule has 5 rings (SSSR count). The smallest absolute Gasteiger partial charge is 0.456 e. The molecule has 198 valence electrons. The van der Waals surface area contributed by atoms with Crippen LogP contribution in [-0.4, -0.2) is 47.8 Å². The van der Waals surface area contributed by atoms with Gasteiger partial charge in [-0.1, -0.05) is 12.1 Å². The zero-order chi connectivity index (χ0) is 27.0. The lowest BCUT2D eigenvalue weighted by atomic mass is 9.92. The molecule has 2 aromatic heterocycles. The van der Waals surface area contributed by atoms with Gasteiger partial charge in [0, 0.05) is 24.6 Å².